The first kappa shape index (κ1) is 23.2. The Morgan fingerprint density at radius 2 is 2.06 bits per heavy atom. The Morgan fingerprint density at radius 1 is 1.26 bits per heavy atom. The van der Waals surface area contributed by atoms with E-state index >= 15 is 0 Å². The van der Waals surface area contributed by atoms with E-state index in [9.17, 15) is 13.6 Å². The summed E-state index contributed by atoms with van der Waals surface area (Å²) in [5.74, 6) is -2.03. The second kappa shape index (κ2) is 9.79. The van der Waals surface area contributed by atoms with Crippen molar-refractivity contribution < 1.29 is 18.3 Å². The number of hydrogen-bond acceptors (Lipinski definition) is 4. The first-order valence-corrected chi connectivity index (χ1v) is 11.1. The average molecular weight is 434 g/mol. The fraction of sp³-hybridized carbons (Fsp3) is 0.583. The first-order valence-electron chi connectivity index (χ1n) is 11.1. The molecular formula is C24H33F2N3O2. The summed E-state index contributed by atoms with van der Waals surface area (Å²) in [6, 6.07) is 4.11. The Labute approximate surface area is 183 Å². The number of ether oxygens (including phenoxy) is 1. The van der Waals surface area contributed by atoms with Gasteiger partial charge in [0.2, 0.25) is 0 Å². The van der Waals surface area contributed by atoms with E-state index in [0.29, 0.717) is 18.8 Å². The van der Waals surface area contributed by atoms with Crippen molar-refractivity contribution >= 4 is 11.9 Å². The highest BCUT2D eigenvalue weighted by Crippen LogP contribution is 2.28. The topological polar surface area (TPSA) is 54.5 Å². The van der Waals surface area contributed by atoms with Crippen LogP contribution in [0.4, 0.5) is 19.4 Å². The number of halogens is 2. The number of rotatable bonds is 7. The molecule has 0 radical (unpaired) electrons. The van der Waals surface area contributed by atoms with Crippen molar-refractivity contribution in [3.8, 4) is 0 Å². The molecule has 0 fully saturated rings. The van der Waals surface area contributed by atoms with Gasteiger partial charge in [-0.15, -0.1) is 0 Å². The number of allylic oxidation sites excluding steroid dienone is 4. The maximum absolute atomic E-state index is 13.3. The summed E-state index contributed by atoms with van der Waals surface area (Å²) in [7, 11) is 0. The van der Waals surface area contributed by atoms with E-state index in [1.807, 2.05) is 26.8 Å². The molecule has 5 nitrogen and oxygen atoms in total. The number of unbranched alkanes of at least 4 members (excludes halogenated alkanes) is 2. The third-order valence-corrected chi connectivity index (χ3v) is 5.24. The smallest absolute Gasteiger partial charge is 0.416 e. The zero-order valence-electron chi connectivity index (χ0n) is 18.7. The van der Waals surface area contributed by atoms with Crippen molar-refractivity contribution in [1.82, 2.24) is 10.3 Å². The predicted molar refractivity (Wildman–Crippen MR) is 118 cm³/mol. The van der Waals surface area contributed by atoms with Crippen LogP contribution in [0.3, 0.4) is 0 Å². The number of nitrogens with one attached hydrogen (secondary N) is 1. The fourth-order valence-corrected chi connectivity index (χ4v) is 3.77. The van der Waals surface area contributed by atoms with Crippen LogP contribution in [0, 0.1) is 0 Å². The Balaban J connectivity index is 1.46. The summed E-state index contributed by atoms with van der Waals surface area (Å²) in [4.78, 5) is 19.0. The van der Waals surface area contributed by atoms with E-state index in [0.717, 1.165) is 61.7 Å². The second-order valence-electron chi connectivity index (χ2n) is 9.25. The van der Waals surface area contributed by atoms with E-state index < -0.39 is 11.5 Å². The molecule has 0 spiro atoms. The molecule has 1 aliphatic carbocycles. The number of hydrogen-bond donors (Lipinski definition) is 1. The van der Waals surface area contributed by atoms with Gasteiger partial charge in [0.15, 0.2) is 0 Å². The second-order valence-corrected chi connectivity index (χ2v) is 9.25. The molecule has 0 saturated heterocycles. The van der Waals surface area contributed by atoms with Crippen molar-refractivity contribution in [2.24, 2.45) is 0 Å². The van der Waals surface area contributed by atoms with Crippen LogP contribution in [-0.2, 0) is 17.6 Å². The molecule has 1 N–H and O–H groups in total. The van der Waals surface area contributed by atoms with E-state index in [-0.39, 0.29) is 12.5 Å². The Hall–Kier alpha value is -2.44. The molecule has 0 unspecified atom stereocenters. The number of anilines is 1. The Bertz CT molecular complexity index is 844. The fourth-order valence-electron chi connectivity index (χ4n) is 3.77. The van der Waals surface area contributed by atoms with Crippen LogP contribution in [0.2, 0.25) is 0 Å². The summed E-state index contributed by atoms with van der Waals surface area (Å²) in [5.41, 5.74) is 2.09. The van der Waals surface area contributed by atoms with Crippen molar-refractivity contribution in [3.05, 3.63) is 47.3 Å². The van der Waals surface area contributed by atoms with Gasteiger partial charge < -0.3 is 10.1 Å². The highest BCUT2D eigenvalue weighted by Gasteiger charge is 2.29. The number of amides is 1. The zero-order valence-corrected chi connectivity index (χ0v) is 18.7. The van der Waals surface area contributed by atoms with Crippen LogP contribution >= 0.6 is 0 Å². The van der Waals surface area contributed by atoms with Crippen LogP contribution in [0.15, 0.2) is 36.1 Å². The lowest BCUT2D eigenvalue weighted by Gasteiger charge is -2.31. The lowest BCUT2D eigenvalue weighted by Crippen LogP contribution is -2.40. The van der Waals surface area contributed by atoms with Gasteiger partial charge in [-0.1, -0.05) is 18.6 Å². The molecule has 1 aliphatic heterocycles. The molecule has 0 aromatic carbocycles. The standard InChI is InChI=1S/C24H33F2N3O2/c1-23(2,3)31-22(30)29-16-8-9-18-12-13-19(28-21(18)29)10-5-4-6-15-27-20-11-7-14-24(25,26)17-20/h7,11-14,27H,4-6,8-10,15-17H2,1-3H3. The number of aryl methyl sites for hydroxylation is 2. The number of pyridine rings is 1. The molecule has 0 bridgehead atoms. The Morgan fingerprint density at radius 3 is 2.81 bits per heavy atom. The molecule has 3 rings (SSSR count). The van der Waals surface area contributed by atoms with Crippen LogP contribution in [0.1, 0.15) is 64.1 Å². The van der Waals surface area contributed by atoms with E-state index in [1.165, 1.54) is 6.08 Å². The van der Waals surface area contributed by atoms with Gasteiger partial charge in [0.1, 0.15) is 11.4 Å². The SMILES string of the molecule is CC(C)(C)OC(=O)N1CCCc2ccc(CCCCCNC3=CC=CC(F)(F)C3)nc21. The van der Waals surface area contributed by atoms with Crippen LogP contribution in [0.25, 0.3) is 0 Å². The largest absolute Gasteiger partial charge is 0.443 e. The molecule has 1 aromatic heterocycles. The molecule has 170 valence electrons. The molecule has 1 amide bonds. The molecule has 1 aromatic rings. The number of alkyl halides is 2. The van der Waals surface area contributed by atoms with E-state index in [4.69, 9.17) is 9.72 Å². The number of carbonyl (C=O) groups excluding carboxylic acids is 1. The van der Waals surface area contributed by atoms with Crippen molar-refractivity contribution in [2.45, 2.75) is 77.2 Å². The van der Waals surface area contributed by atoms with E-state index in [1.54, 1.807) is 11.0 Å². The van der Waals surface area contributed by atoms with Gasteiger partial charge in [-0.05, 0) is 76.7 Å². The van der Waals surface area contributed by atoms with Gasteiger partial charge in [0, 0.05) is 24.5 Å². The maximum atomic E-state index is 13.3. The molecule has 2 aliphatic rings. The van der Waals surface area contributed by atoms with Gasteiger partial charge in [0.25, 0.3) is 5.92 Å². The van der Waals surface area contributed by atoms with Gasteiger partial charge in [0.05, 0.1) is 6.42 Å². The van der Waals surface area contributed by atoms with Gasteiger partial charge in [-0.3, -0.25) is 4.90 Å². The highest BCUT2D eigenvalue weighted by molar-refractivity contribution is 5.88. The lowest BCUT2D eigenvalue weighted by atomic mass is 10.0. The molecule has 0 atom stereocenters. The molecule has 7 heteroatoms. The normalized spacial score (nSPS) is 17.7. The third-order valence-electron chi connectivity index (χ3n) is 5.24. The van der Waals surface area contributed by atoms with Gasteiger partial charge in [-0.2, -0.15) is 0 Å². The maximum Gasteiger partial charge on any atom is 0.416 e. The highest BCUT2D eigenvalue weighted by atomic mass is 19.3. The molecule has 31 heavy (non-hydrogen) atoms. The summed E-state index contributed by atoms with van der Waals surface area (Å²) in [6.07, 6.45) is 8.93. The summed E-state index contributed by atoms with van der Waals surface area (Å²) in [5, 5.41) is 3.11. The van der Waals surface area contributed by atoms with Crippen LogP contribution < -0.4 is 10.2 Å². The predicted octanol–water partition coefficient (Wildman–Crippen LogP) is 5.55. The minimum Gasteiger partial charge on any atom is -0.443 e. The van der Waals surface area contributed by atoms with Crippen molar-refractivity contribution in [2.75, 3.05) is 18.0 Å². The minimum absolute atomic E-state index is 0.253. The first-order chi connectivity index (χ1) is 14.6. The number of aromatic nitrogens is 1. The molecule has 2 heterocycles. The Kier molecular flexibility index (Phi) is 7.34. The third kappa shape index (κ3) is 7.04. The van der Waals surface area contributed by atoms with Crippen LogP contribution in [-0.4, -0.2) is 35.7 Å². The van der Waals surface area contributed by atoms with Crippen molar-refractivity contribution in [3.63, 3.8) is 0 Å². The van der Waals surface area contributed by atoms with E-state index in [2.05, 4.69) is 11.4 Å². The summed E-state index contributed by atoms with van der Waals surface area (Å²) in [6.45, 7) is 6.89. The number of fused-ring (bicyclic) bond motifs is 1. The lowest BCUT2D eigenvalue weighted by molar-refractivity contribution is 0.0524. The average Bonchev–Trinajstić information content (AvgIpc) is 2.68. The van der Waals surface area contributed by atoms with Crippen molar-refractivity contribution in [1.29, 1.82) is 0 Å². The van der Waals surface area contributed by atoms with Gasteiger partial charge in [-0.25, -0.2) is 18.6 Å². The van der Waals surface area contributed by atoms with Crippen LogP contribution in [0.5, 0.6) is 0 Å². The van der Waals surface area contributed by atoms with Gasteiger partial charge >= 0.3 is 6.09 Å². The summed E-state index contributed by atoms with van der Waals surface area (Å²) >= 11 is 0. The minimum atomic E-state index is -2.75. The monoisotopic (exact) mass is 433 g/mol. The quantitative estimate of drug-likeness (QED) is 0.573. The molecular weight excluding hydrogens is 400 g/mol. The molecule has 0 saturated carbocycles. The number of nitrogens with zero attached hydrogens (tertiary/aromatic N) is 2. The zero-order chi connectivity index (χ0) is 22.5. The number of carbonyl (C=O) groups is 1. The summed E-state index contributed by atoms with van der Waals surface area (Å²) < 4.78 is 32.2.